The second-order valence-corrected chi connectivity index (χ2v) is 5.56. The van der Waals surface area contributed by atoms with Crippen LogP contribution < -0.4 is 5.43 Å². The Labute approximate surface area is 124 Å². The summed E-state index contributed by atoms with van der Waals surface area (Å²) in [5.74, 6) is -0.294. The molecule has 6 nitrogen and oxygen atoms in total. The topological polar surface area (TPSA) is 85.9 Å². The van der Waals surface area contributed by atoms with Gasteiger partial charge < -0.3 is 19.9 Å². The molecule has 1 aromatic rings. The molecule has 1 atom stereocenters. The molecular weight excluding hydrogens is 272 g/mol. The molecule has 2 rings (SSSR count). The Morgan fingerprint density at radius 3 is 2.76 bits per heavy atom. The first-order valence-electron chi connectivity index (χ1n) is 7.53. The third-order valence-corrected chi connectivity index (χ3v) is 4.11. The summed E-state index contributed by atoms with van der Waals surface area (Å²) >= 11 is 0. The Morgan fingerprint density at radius 2 is 2.05 bits per heavy atom. The van der Waals surface area contributed by atoms with Crippen molar-refractivity contribution in [3.8, 4) is 5.75 Å². The molecular formula is C15H24N2O4. The average Bonchev–Trinajstić information content (AvgIpc) is 2.47. The highest BCUT2D eigenvalue weighted by atomic mass is 16.3. The van der Waals surface area contributed by atoms with E-state index in [-0.39, 0.29) is 19.0 Å². The van der Waals surface area contributed by atoms with Crippen molar-refractivity contribution in [2.75, 3.05) is 19.8 Å². The first-order valence-corrected chi connectivity index (χ1v) is 7.53. The predicted octanol–water partition coefficient (Wildman–Crippen LogP) is 0.283. The van der Waals surface area contributed by atoms with Crippen LogP contribution >= 0.6 is 0 Å². The van der Waals surface area contributed by atoms with E-state index in [2.05, 4.69) is 4.90 Å². The standard InChI is InChI=1S/C15H24N2O4/c18-7-4-12-3-1-2-5-16(12)10-13-9-14(20)15(21)11-17(13)6-8-19/h9,11-12,18-19,21H,1-8,10H2. The van der Waals surface area contributed by atoms with E-state index >= 15 is 0 Å². The van der Waals surface area contributed by atoms with Crippen LogP contribution in [0.4, 0.5) is 0 Å². The van der Waals surface area contributed by atoms with Gasteiger partial charge in [0.15, 0.2) is 5.75 Å². The fourth-order valence-corrected chi connectivity index (χ4v) is 3.01. The van der Waals surface area contributed by atoms with Crippen molar-refractivity contribution in [1.29, 1.82) is 0 Å². The van der Waals surface area contributed by atoms with Gasteiger partial charge in [-0.1, -0.05) is 6.42 Å². The SMILES string of the molecule is O=c1cc(CN2CCCCC2CCO)n(CCO)cc1O. The number of rotatable bonds is 6. The second kappa shape index (κ2) is 7.59. The smallest absolute Gasteiger partial charge is 0.223 e. The summed E-state index contributed by atoms with van der Waals surface area (Å²) in [6, 6.07) is 1.77. The number of nitrogens with zero attached hydrogens (tertiary/aromatic N) is 2. The van der Waals surface area contributed by atoms with Crippen LogP contribution in [0.3, 0.4) is 0 Å². The van der Waals surface area contributed by atoms with E-state index in [0.29, 0.717) is 19.1 Å². The lowest BCUT2D eigenvalue weighted by Gasteiger charge is -2.36. The van der Waals surface area contributed by atoms with Gasteiger partial charge in [0.25, 0.3) is 0 Å². The van der Waals surface area contributed by atoms with E-state index < -0.39 is 5.43 Å². The van der Waals surface area contributed by atoms with Crippen LogP contribution in [-0.4, -0.2) is 50.6 Å². The summed E-state index contributed by atoms with van der Waals surface area (Å²) < 4.78 is 1.72. The van der Waals surface area contributed by atoms with E-state index in [4.69, 9.17) is 5.11 Å². The van der Waals surface area contributed by atoms with Gasteiger partial charge in [0, 0.05) is 37.5 Å². The number of pyridine rings is 1. The average molecular weight is 296 g/mol. The van der Waals surface area contributed by atoms with Crippen molar-refractivity contribution in [1.82, 2.24) is 9.47 Å². The maximum Gasteiger partial charge on any atom is 0.223 e. The molecule has 6 heteroatoms. The zero-order chi connectivity index (χ0) is 15.2. The number of hydrogen-bond donors (Lipinski definition) is 3. The minimum atomic E-state index is -0.394. The third kappa shape index (κ3) is 4.06. The molecule has 0 spiro atoms. The third-order valence-electron chi connectivity index (χ3n) is 4.11. The first kappa shape index (κ1) is 16.0. The van der Waals surface area contributed by atoms with Crippen LogP contribution in [-0.2, 0) is 13.1 Å². The number of piperidine rings is 1. The van der Waals surface area contributed by atoms with Gasteiger partial charge in [-0.15, -0.1) is 0 Å². The summed E-state index contributed by atoms with van der Waals surface area (Å²) in [5.41, 5.74) is 0.395. The van der Waals surface area contributed by atoms with Crippen LogP contribution in [0.2, 0.25) is 0 Å². The number of hydrogen-bond acceptors (Lipinski definition) is 5. The number of aromatic hydroxyl groups is 1. The fourth-order valence-electron chi connectivity index (χ4n) is 3.01. The summed E-state index contributed by atoms with van der Waals surface area (Å²) in [7, 11) is 0. The van der Waals surface area contributed by atoms with Crippen molar-refractivity contribution in [3.63, 3.8) is 0 Å². The van der Waals surface area contributed by atoms with Gasteiger partial charge in [0.2, 0.25) is 5.43 Å². The molecule has 0 aliphatic carbocycles. The number of aliphatic hydroxyl groups excluding tert-OH is 2. The molecule has 21 heavy (non-hydrogen) atoms. The summed E-state index contributed by atoms with van der Waals surface area (Å²) in [6.07, 6.45) is 5.47. The Morgan fingerprint density at radius 1 is 1.24 bits per heavy atom. The molecule has 118 valence electrons. The molecule has 0 radical (unpaired) electrons. The van der Waals surface area contributed by atoms with Gasteiger partial charge in [0.05, 0.1) is 12.8 Å². The molecule has 0 bridgehead atoms. The number of aliphatic hydroxyl groups is 2. The largest absolute Gasteiger partial charge is 0.503 e. The maximum absolute atomic E-state index is 11.7. The Bertz CT molecular complexity index is 513. The van der Waals surface area contributed by atoms with Crippen LogP contribution in [0.15, 0.2) is 17.1 Å². The monoisotopic (exact) mass is 296 g/mol. The lowest BCUT2D eigenvalue weighted by Crippen LogP contribution is -2.40. The Hall–Kier alpha value is -1.37. The highest BCUT2D eigenvalue weighted by Crippen LogP contribution is 2.21. The van der Waals surface area contributed by atoms with Crippen LogP contribution in [0.5, 0.6) is 5.75 Å². The highest BCUT2D eigenvalue weighted by molar-refractivity contribution is 5.20. The minimum Gasteiger partial charge on any atom is -0.503 e. The molecule has 1 unspecified atom stereocenters. The quantitative estimate of drug-likeness (QED) is 0.702. The minimum absolute atomic E-state index is 0.0463. The first-order chi connectivity index (χ1) is 10.2. The van der Waals surface area contributed by atoms with Crippen LogP contribution in [0, 0.1) is 0 Å². The molecule has 0 aromatic carbocycles. The van der Waals surface area contributed by atoms with E-state index in [1.807, 2.05) is 0 Å². The molecule has 1 aliphatic heterocycles. The summed E-state index contributed by atoms with van der Waals surface area (Å²) in [4.78, 5) is 13.9. The van der Waals surface area contributed by atoms with E-state index in [1.54, 1.807) is 4.57 Å². The van der Waals surface area contributed by atoms with Gasteiger partial charge in [-0.25, -0.2) is 0 Å². The van der Waals surface area contributed by atoms with Gasteiger partial charge in [-0.3, -0.25) is 9.69 Å². The van der Waals surface area contributed by atoms with Gasteiger partial charge in [-0.2, -0.15) is 0 Å². The molecule has 3 N–H and O–H groups in total. The van der Waals surface area contributed by atoms with Gasteiger partial charge in [0.1, 0.15) is 0 Å². The predicted molar refractivity (Wildman–Crippen MR) is 79.2 cm³/mol. The van der Waals surface area contributed by atoms with E-state index in [9.17, 15) is 15.0 Å². The Kier molecular flexibility index (Phi) is 5.78. The highest BCUT2D eigenvalue weighted by Gasteiger charge is 2.23. The maximum atomic E-state index is 11.7. The Balaban J connectivity index is 2.20. The summed E-state index contributed by atoms with van der Waals surface area (Å²) in [5, 5.41) is 27.8. The van der Waals surface area contributed by atoms with Crippen molar-refractivity contribution in [2.24, 2.45) is 0 Å². The van der Waals surface area contributed by atoms with E-state index in [0.717, 1.165) is 31.5 Å². The lowest BCUT2D eigenvalue weighted by molar-refractivity contribution is 0.109. The summed E-state index contributed by atoms with van der Waals surface area (Å²) in [6.45, 7) is 2.01. The molecule has 0 amide bonds. The zero-order valence-corrected chi connectivity index (χ0v) is 12.2. The molecule has 1 aromatic heterocycles. The lowest BCUT2D eigenvalue weighted by atomic mass is 9.99. The fraction of sp³-hybridized carbons (Fsp3) is 0.667. The second-order valence-electron chi connectivity index (χ2n) is 5.56. The molecule has 1 fully saturated rings. The zero-order valence-electron chi connectivity index (χ0n) is 12.2. The van der Waals surface area contributed by atoms with Crippen LogP contribution in [0.1, 0.15) is 31.4 Å². The van der Waals surface area contributed by atoms with Gasteiger partial charge >= 0.3 is 0 Å². The van der Waals surface area contributed by atoms with Crippen molar-refractivity contribution < 1.29 is 15.3 Å². The number of aromatic nitrogens is 1. The molecule has 1 aliphatic rings. The number of likely N-dealkylation sites (tertiary alicyclic amines) is 1. The molecule has 1 saturated heterocycles. The van der Waals surface area contributed by atoms with Crippen LogP contribution in [0.25, 0.3) is 0 Å². The molecule has 2 heterocycles. The normalized spacial score (nSPS) is 19.8. The van der Waals surface area contributed by atoms with Crippen molar-refractivity contribution in [3.05, 3.63) is 28.2 Å². The molecule has 0 saturated carbocycles. The van der Waals surface area contributed by atoms with Gasteiger partial charge in [-0.05, 0) is 25.8 Å². The van der Waals surface area contributed by atoms with Crippen molar-refractivity contribution >= 4 is 0 Å². The van der Waals surface area contributed by atoms with Crippen molar-refractivity contribution in [2.45, 2.75) is 44.8 Å². The van der Waals surface area contributed by atoms with E-state index in [1.165, 1.54) is 18.7 Å².